The Morgan fingerprint density at radius 1 is 1.43 bits per heavy atom. The van der Waals surface area contributed by atoms with Gasteiger partial charge in [0.1, 0.15) is 0 Å². The molecular weight excluding hydrogens is 268 g/mol. The van der Waals surface area contributed by atoms with E-state index in [4.69, 9.17) is 4.52 Å². The zero-order chi connectivity index (χ0) is 14.7. The summed E-state index contributed by atoms with van der Waals surface area (Å²) in [6.45, 7) is 2.62. The van der Waals surface area contributed by atoms with Crippen molar-refractivity contribution in [2.45, 2.75) is 6.42 Å². The van der Waals surface area contributed by atoms with Crippen LogP contribution in [0.15, 0.2) is 35.2 Å². The van der Waals surface area contributed by atoms with Gasteiger partial charge in [0, 0.05) is 24.2 Å². The molecule has 2 aromatic rings. The van der Waals surface area contributed by atoms with E-state index < -0.39 is 0 Å². The van der Waals surface area contributed by atoms with E-state index in [2.05, 4.69) is 15.5 Å². The Bertz CT molecular complexity index is 595. The van der Waals surface area contributed by atoms with Crippen molar-refractivity contribution in [1.29, 1.82) is 0 Å². The Labute approximate surface area is 123 Å². The van der Waals surface area contributed by atoms with Crippen molar-refractivity contribution in [2.24, 2.45) is 5.92 Å². The van der Waals surface area contributed by atoms with Crippen LogP contribution in [0.1, 0.15) is 16.8 Å². The molecule has 1 N–H and O–H groups in total. The SMILES string of the molecule is CNCC1CCN(C(=O)c2ccc(-c3ncon3)cc2)C1. The lowest BCUT2D eigenvalue weighted by Crippen LogP contribution is -2.30. The Hall–Kier alpha value is -2.21. The molecule has 1 aromatic carbocycles. The first-order valence-corrected chi connectivity index (χ1v) is 7.08. The van der Waals surface area contributed by atoms with Crippen LogP contribution in [0.25, 0.3) is 11.4 Å². The molecule has 110 valence electrons. The number of hydrogen-bond donors (Lipinski definition) is 1. The maximum atomic E-state index is 12.5. The lowest BCUT2D eigenvalue weighted by molar-refractivity contribution is 0.0787. The van der Waals surface area contributed by atoms with Gasteiger partial charge in [-0.05, 0) is 38.1 Å². The summed E-state index contributed by atoms with van der Waals surface area (Å²) >= 11 is 0. The molecule has 0 aliphatic carbocycles. The highest BCUT2D eigenvalue weighted by Gasteiger charge is 2.26. The van der Waals surface area contributed by atoms with Gasteiger partial charge >= 0.3 is 0 Å². The smallest absolute Gasteiger partial charge is 0.253 e. The first-order valence-electron chi connectivity index (χ1n) is 7.08. The van der Waals surface area contributed by atoms with Crippen LogP contribution in [0.4, 0.5) is 0 Å². The van der Waals surface area contributed by atoms with Gasteiger partial charge in [0.15, 0.2) is 0 Å². The molecule has 0 bridgehead atoms. The molecular formula is C15H18N4O2. The van der Waals surface area contributed by atoms with Gasteiger partial charge in [-0.1, -0.05) is 17.3 Å². The van der Waals surface area contributed by atoms with Gasteiger partial charge in [0.05, 0.1) is 0 Å². The Morgan fingerprint density at radius 2 is 2.24 bits per heavy atom. The molecule has 3 rings (SSSR count). The molecule has 1 amide bonds. The van der Waals surface area contributed by atoms with E-state index in [-0.39, 0.29) is 5.91 Å². The highest BCUT2D eigenvalue weighted by atomic mass is 16.5. The summed E-state index contributed by atoms with van der Waals surface area (Å²) in [5, 5.41) is 6.95. The quantitative estimate of drug-likeness (QED) is 0.920. The lowest BCUT2D eigenvalue weighted by Gasteiger charge is -2.16. The highest BCUT2D eigenvalue weighted by Crippen LogP contribution is 2.20. The minimum absolute atomic E-state index is 0.0910. The van der Waals surface area contributed by atoms with Gasteiger partial charge in [0.25, 0.3) is 5.91 Å². The molecule has 0 radical (unpaired) electrons. The molecule has 1 fully saturated rings. The number of nitrogens with one attached hydrogen (secondary N) is 1. The normalized spacial score (nSPS) is 18.1. The predicted octanol–water partition coefficient (Wildman–Crippen LogP) is 1.42. The fourth-order valence-corrected chi connectivity index (χ4v) is 2.71. The van der Waals surface area contributed by atoms with Crippen LogP contribution in [-0.2, 0) is 0 Å². The van der Waals surface area contributed by atoms with E-state index >= 15 is 0 Å². The number of amides is 1. The number of nitrogens with zero attached hydrogens (tertiary/aromatic N) is 3. The van der Waals surface area contributed by atoms with E-state index in [1.54, 1.807) is 0 Å². The lowest BCUT2D eigenvalue weighted by atomic mass is 10.1. The zero-order valence-electron chi connectivity index (χ0n) is 12.0. The second-order valence-electron chi connectivity index (χ2n) is 5.30. The molecule has 1 unspecified atom stereocenters. The molecule has 1 saturated heterocycles. The summed E-state index contributed by atoms with van der Waals surface area (Å²) in [5.41, 5.74) is 1.54. The number of rotatable bonds is 4. The standard InChI is InChI=1S/C15H18N4O2/c1-16-8-11-6-7-19(9-11)15(20)13-4-2-12(3-5-13)14-17-10-21-18-14/h2-5,10-11,16H,6-9H2,1H3. The number of hydrogen-bond acceptors (Lipinski definition) is 5. The third-order valence-electron chi connectivity index (χ3n) is 3.82. The minimum atomic E-state index is 0.0910. The number of carbonyl (C=O) groups is 1. The second-order valence-corrected chi connectivity index (χ2v) is 5.30. The highest BCUT2D eigenvalue weighted by molar-refractivity contribution is 5.94. The molecule has 1 aliphatic heterocycles. The van der Waals surface area contributed by atoms with Crippen molar-refractivity contribution in [1.82, 2.24) is 20.4 Å². The summed E-state index contributed by atoms with van der Waals surface area (Å²) in [5.74, 6) is 1.18. The summed E-state index contributed by atoms with van der Waals surface area (Å²) in [6.07, 6.45) is 2.36. The third-order valence-corrected chi connectivity index (χ3v) is 3.82. The van der Waals surface area contributed by atoms with Crippen LogP contribution < -0.4 is 5.32 Å². The fraction of sp³-hybridized carbons (Fsp3) is 0.400. The number of likely N-dealkylation sites (tertiary alicyclic amines) is 1. The van der Waals surface area contributed by atoms with E-state index in [0.717, 1.165) is 31.6 Å². The minimum Gasteiger partial charge on any atom is -0.342 e. The largest absolute Gasteiger partial charge is 0.342 e. The Kier molecular flexibility index (Phi) is 3.96. The van der Waals surface area contributed by atoms with Crippen LogP contribution in [0.3, 0.4) is 0 Å². The van der Waals surface area contributed by atoms with E-state index in [0.29, 0.717) is 17.3 Å². The van der Waals surface area contributed by atoms with E-state index in [1.807, 2.05) is 36.2 Å². The number of benzene rings is 1. The second kappa shape index (κ2) is 6.05. The monoisotopic (exact) mass is 286 g/mol. The molecule has 1 aromatic heterocycles. The van der Waals surface area contributed by atoms with E-state index in [9.17, 15) is 4.79 Å². The summed E-state index contributed by atoms with van der Waals surface area (Å²) < 4.78 is 4.72. The van der Waals surface area contributed by atoms with Crippen molar-refractivity contribution in [3.63, 3.8) is 0 Å². The molecule has 2 heterocycles. The van der Waals surface area contributed by atoms with Crippen molar-refractivity contribution < 1.29 is 9.32 Å². The predicted molar refractivity (Wildman–Crippen MR) is 77.7 cm³/mol. The van der Waals surface area contributed by atoms with Crippen molar-refractivity contribution >= 4 is 5.91 Å². The average Bonchev–Trinajstić information content (AvgIpc) is 3.19. The first-order chi connectivity index (χ1) is 10.3. The molecule has 0 saturated carbocycles. The molecule has 1 atom stereocenters. The summed E-state index contributed by atoms with van der Waals surface area (Å²) in [4.78, 5) is 18.4. The first kappa shape index (κ1) is 13.8. The Morgan fingerprint density at radius 3 is 2.90 bits per heavy atom. The van der Waals surface area contributed by atoms with Crippen LogP contribution in [0, 0.1) is 5.92 Å². The molecule has 6 nitrogen and oxygen atoms in total. The maximum absolute atomic E-state index is 12.5. The summed E-state index contributed by atoms with van der Waals surface area (Å²) in [6, 6.07) is 7.33. The molecule has 6 heteroatoms. The zero-order valence-corrected chi connectivity index (χ0v) is 12.0. The van der Waals surface area contributed by atoms with Gasteiger partial charge in [-0.2, -0.15) is 4.98 Å². The van der Waals surface area contributed by atoms with Crippen LogP contribution in [-0.4, -0.2) is 47.6 Å². The molecule has 0 spiro atoms. The van der Waals surface area contributed by atoms with Crippen molar-refractivity contribution in [3.05, 3.63) is 36.2 Å². The van der Waals surface area contributed by atoms with Crippen molar-refractivity contribution in [3.8, 4) is 11.4 Å². The van der Waals surface area contributed by atoms with Gasteiger partial charge in [-0.25, -0.2) is 0 Å². The van der Waals surface area contributed by atoms with Crippen LogP contribution >= 0.6 is 0 Å². The maximum Gasteiger partial charge on any atom is 0.253 e. The van der Waals surface area contributed by atoms with Gasteiger partial charge in [-0.15, -0.1) is 0 Å². The topological polar surface area (TPSA) is 71.3 Å². The van der Waals surface area contributed by atoms with Gasteiger partial charge < -0.3 is 14.7 Å². The number of carbonyl (C=O) groups excluding carboxylic acids is 1. The summed E-state index contributed by atoms with van der Waals surface area (Å²) in [7, 11) is 1.95. The van der Waals surface area contributed by atoms with E-state index in [1.165, 1.54) is 6.39 Å². The Balaban J connectivity index is 1.68. The van der Waals surface area contributed by atoms with Crippen LogP contribution in [0.5, 0.6) is 0 Å². The van der Waals surface area contributed by atoms with Crippen LogP contribution in [0.2, 0.25) is 0 Å². The van der Waals surface area contributed by atoms with Crippen molar-refractivity contribution in [2.75, 3.05) is 26.7 Å². The molecule has 21 heavy (non-hydrogen) atoms. The average molecular weight is 286 g/mol. The van der Waals surface area contributed by atoms with Gasteiger partial charge in [0.2, 0.25) is 12.2 Å². The fourth-order valence-electron chi connectivity index (χ4n) is 2.71. The third kappa shape index (κ3) is 2.95. The number of aromatic nitrogens is 2. The van der Waals surface area contributed by atoms with Gasteiger partial charge in [-0.3, -0.25) is 4.79 Å². The molecule has 1 aliphatic rings.